The maximum atomic E-state index is 13.1. The largest absolute Gasteiger partial charge is 0.417 e. The Hall–Kier alpha value is -3.65. The fourth-order valence-electron chi connectivity index (χ4n) is 4.59. The van der Waals surface area contributed by atoms with Gasteiger partial charge in [0.1, 0.15) is 11.6 Å². The van der Waals surface area contributed by atoms with Crippen LogP contribution in [0.4, 0.5) is 19.0 Å². The van der Waals surface area contributed by atoms with Crippen LogP contribution in [-0.4, -0.2) is 21.9 Å². The summed E-state index contributed by atoms with van der Waals surface area (Å²) in [7, 11) is 0. The van der Waals surface area contributed by atoms with Gasteiger partial charge in [0.15, 0.2) is 0 Å². The van der Waals surface area contributed by atoms with Crippen molar-refractivity contribution in [2.24, 2.45) is 0 Å². The molecule has 9 heteroatoms. The molecule has 0 fully saturated rings. The number of aromatic nitrogens is 2. The van der Waals surface area contributed by atoms with E-state index in [-0.39, 0.29) is 40.8 Å². The van der Waals surface area contributed by atoms with E-state index in [2.05, 4.69) is 10.3 Å². The first-order valence-corrected chi connectivity index (χ1v) is 11.8. The normalized spacial score (nSPS) is 15.4. The maximum Gasteiger partial charge on any atom is 0.417 e. The van der Waals surface area contributed by atoms with Gasteiger partial charge in [-0.05, 0) is 41.0 Å². The van der Waals surface area contributed by atoms with Crippen molar-refractivity contribution in [1.82, 2.24) is 9.55 Å². The average Bonchev–Trinajstić information content (AvgIpc) is 2.85. The molecule has 4 aromatic rings. The molecule has 0 amide bonds. The number of fused-ring (bicyclic) bond motifs is 3. The van der Waals surface area contributed by atoms with Gasteiger partial charge in [0.05, 0.1) is 16.1 Å². The third-order valence-electron chi connectivity index (χ3n) is 6.38. The van der Waals surface area contributed by atoms with E-state index in [1.165, 1.54) is 12.1 Å². The molecule has 2 heterocycles. The number of nitrogens with one attached hydrogen (secondary N) is 1. The number of carbonyl (C=O) groups excluding carboxylic acids is 1. The number of benzene rings is 3. The molecule has 1 aliphatic heterocycles. The summed E-state index contributed by atoms with van der Waals surface area (Å²) in [4.78, 5) is 29.3. The zero-order chi connectivity index (χ0) is 25.4. The maximum absolute atomic E-state index is 13.1. The van der Waals surface area contributed by atoms with E-state index in [1.54, 1.807) is 4.57 Å². The summed E-state index contributed by atoms with van der Waals surface area (Å²) in [5.41, 5.74) is 1.45. The second kappa shape index (κ2) is 9.43. The van der Waals surface area contributed by atoms with Gasteiger partial charge in [0.25, 0.3) is 0 Å². The second-order valence-corrected chi connectivity index (χ2v) is 9.30. The number of rotatable bonds is 5. The van der Waals surface area contributed by atoms with Gasteiger partial charge in [-0.1, -0.05) is 54.1 Å². The van der Waals surface area contributed by atoms with Crippen LogP contribution in [0.3, 0.4) is 0 Å². The fraction of sp³-hybridized carbons (Fsp3) is 0.222. The predicted molar refractivity (Wildman–Crippen MR) is 133 cm³/mol. The summed E-state index contributed by atoms with van der Waals surface area (Å²) in [5, 5.41) is 3.87. The zero-order valence-electron chi connectivity index (χ0n) is 19.0. The molecule has 0 spiro atoms. The van der Waals surface area contributed by atoms with Gasteiger partial charge in [-0.15, -0.1) is 0 Å². The lowest BCUT2D eigenvalue weighted by Gasteiger charge is -2.28. The molecule has 0 saturated heterocycles. The molecule has 1 aromatic heterocycles. The molecule has 0 radical (unpaired) electrons. The van der Waals surface area contributed by atoms with E-state index in [9.17, 15) is 22.8 Å². The van der Waals surface area contributed by atoms with Gasteiger partial charge in [-0.2, -0.15) is 18.2 Å². The Bertz CT molecular complexity index is 1510. The number of Topliss-reactive ketones (excluding diaryl/α,β-unsaturated/α-hetero) is 1. The molecule has 184 valence electrons. The van der Waals surface area contributed by atoms with Crippen LogP contribution in [-0.2, 0) is 30.4 Å². The van der Waals surface area contributed by atoms with Crippen molar-refractivity contribution >= 4 is 34.1 Å². The molecule has 5 nitrogen and oxygen atoms in total. The predicted octanol–water partition coefficient (Wildman–Crippen LogP) is 5.63. The number of ketones is 1. The highest BCUT2D eigenvalue weighted by Crippen LogP contribution is 2.35. The SMILES string of the molecule is O=C(Cc1ccc(C2CNc3c4ccccc4nc(=O)n3C2)cc1)Cc1ccc(Cl)c(C(F)(F)F)c1. The fourth-order valence-corrected chi connectivity index (χ4v) is 4.81. The lowest BCUT2D eigenvalue weighted by atomic mass is 9.94. The third-order valence-corrected chi connectivity index (χ3v) is 6.71. The van der Waals surface area contributed by atoms with Gasteiger partial charge >= 0.3 is 11.9 Å². The molecule has 1 N–H and O–H groups in total. The van der Waals surface area contributed by atoms with Crippen molar-refractivity contribution in [3.8, 4) is 0 Å². The molecule has 0 bridgehead atoms. The number of nitrogens with zero attached hydrogens (tertiary/aromatic N) is 2. The van der Waals surface area contributed by atoms with Crippen molar-refractivity contribution in [3.63, 3.8) is 0 Å². The van der Waals surface area contributed by atoms with E-state index in [4.69, 9.17) is 11.6 Å². The molecular weight excluding hydrogens is 491 g/mol. The third kappa shape index (κ3) is 4.86. The van der Waals surface area contributed by atoms with Crippen LogP contribution in [0.1, 0.15) is 28.2 Å². The molecule has 0 saturated carbocycles. The molecule has 1 atom stereocenters. The van der Waals surface area contributed by atoms with Crippen LogP contribution >= 0.6 is 11.6 Å². The Labute approximate surface area is 209 Å². The molecule has 1 aliphatic rings. The van der Waals surface area contributed by atoms with Crippen LogP contribution in [0.25, 0.3) is 10.9 Å². The quantitative estimate of drug-likeness (QED) is 0.377. The smallest absolute Gasteiger partial charge is 0.370 e. The zero-order valence-corrected chi connectivity index (χ0v) is 19.7. The monoisotopic (exact) mass is 511 g/mol. The van der Waals surface area contributed by atoms with Crippen molar-refractivity contribution in [2.75, 3.05) is 11.9 Å². The summed E-state index contributed by atoms with van der Waals surface area (Å²) in [5.74, 6) is 0.605. The van der Waals surface area contributed by atoms with E-state index >= 15 is 0 Å². The minimum Gasteiger partial charge on any atom is -0.370 e. The van der Waals surface area contributed by atoms with E-state index < -0.39 is 11.7 Å². The van der Waals surface area contributed by atoms with Gasteiger partial charge in [-0.3, -0.25) is 9.36 Å². The molecule has 3 aromatic carbocycles. The van der Waals surface area contributed by atoms with Crippen LogP contribution < -0.4 is 11.0 Å². The first-order chi connectivity index (χ1) is 17.2. The highest BCUT2D eigenvalue weighted by Gasteiger charge is 2.33. The van der Waals surface area contributed by atoms with Crippen LogP contribution in [0, 0.1) is 0 Å². The summed E-state index contributed by atoms with van der Waals surface area (Å²) >= 11 is 5.66. The summed E-state index contributed by atoms with van der Waals surface area (Å²) in [6.07, 6.45) is -4.59. The van der Waals surface area contributed by atoms with Crippen LogP contribution in [0.15, 0.2) is 71.5 Å². The lowest BCUT2D eigenvalue weighted by Crippen LogP contribution is -2.35. The summed E-state index contributed by atoms with van der Waals surface area (Å²) < 4.78 is 40.9. The number of hydrogen-bond acceptors (Lipinski definition) is 4. The highest BCUT2D eigenvalue weighted by atomic mass is 35.5. The lowest BCUT2D eigenvalue weighted by molar-refractivity contribution is -0.137. The Balaban J connectivity index is 1.27. The summed E-state index contributed by atoms with van der Waals surface area (Å²) in [6.45, 7) is 1.12. The van der Waals surface area contributed by atoms with Crippen molar-refractivity contribution in [2.45, 2.75) is 31.5 Å². The molecule has 36 heavy (non-hydrogen) atoms. The second-order valence-electron chi connectivity index (χ2n) is 8.89. The number of carbonyl (C=O) groups is 1. The number of alkyl halides is 3. The van der Waals surface area contributed by atoms with E-state index in [1.807, 2.05) is 48.5 Å². The van der Waals surface area contributed by atoms with Gasteiger partial charge in [0, 0.05) is 37.2 Å². The number of para-hydroxylation sites is 1. The van der Waals surface area contributed by atoms with Crippen LogP contribution in [0.5, 0.6) is 0 Å². The minimum absolute atomic E-state index is 0.0396. The van der Waals surface area contributed by atoms with Crippen molar-refractivity contribution in [1.29, 1.82) is 0 Å². The topological polar surface area (TPSA) is 64.0 Å². The summed E-state index contributed by atoms with van der Waals surface area (Å²) in [6, 6.07) is 18.6. The number of halogens is 4. The molecule has 1 unspecified atom stereocenters. The Morgan fingerprint density at radius 3 is 2.47 bits per heavy atom. The van der Waals surface area contributed by atoms with Crippen molar-refractivity contribution in [3.05, 3.63) is 104 Å². The minimum atomic E-state index is -4.57. The Morgan fingerprint density at radius 1 is 1.03 bits per heavy atom. The van der Waals surface area contributed by atoms with Crippen molar-refractivity contribution < 1.29 is 18.0 Å². The molecular formula is C27H21ClF3N3O2. The first-order valence-electron chi connectivity index (χ1n) is 11.4. The van der Waals surface area contributed by atoms with E-state index in [0.29, 0.717) is 18.6 Å². The van der Waals surface area contributed by atoms with Gasteiger partial charge < -0.3 is 5.32 Å². The number of anilines is 1. The Kier molecular flexibility index (Phi) is 6.30. The Morgan fingerprint density at radius 2 is 1.72 bits per heavy atom. The molecule has 0 aliphatic carbocycles. The standard InChI is InChI=1S/C27H21ClF3N3O2/c28-23-10-7-17(13-22(23)27(29,30)31)12-20(35)11-16-5-8-18(9-6-16)19-14-32-25-21-3-1-2-4-24(21)33-26(36)34(25)15-19/h1-10,13,19,32H,11-12,14-15H2. The number of hydrogen-bond donors (Lipinski definition) is 1. The van der Waals surface area contributed by atoms with Crippen LogP contribution in [0.2, 0.25) is 5.02 Å². The van der Waals surface area contributed by atoms with Gasteiger partial charge in [-0.25, -0.2) is 4.79 Å². The van der Waals surface area contributed by atoms with Gasteiger partial charge in [0.2, 0.25) is 0 Å². The first kappa shape index (κ1) is 24.1. The molecule has 5 rings (SSSR count). The highest BCUT2D eigenvalue weighted by molar-refractivity contribution is 6.31. The average molecular weight is 512 g/mol. The van der Waals surface area contributed by atoms with E-state index in [0.717, 1.165) is 28.4 Å².